The first-order valence-electron chi connectivity index (χ1n) is 9.21. The summed E-state index contributed by atoms with van der Waals surface area (Å²) in [6.45, 7) is 3.26. The molecule has 2 atom stereocenters. The molecule has 0 spiro atoms. The van der Waals surface area contributed by atoms with Crippen molar-refractivity contribution in [3.63, 3.8) is 0 Å². The van der Waals surface area contributed by atoms with Gasteiger partial charge in [0.1, 0.15) is 5.60 Å². The highest BCUT2D eigenvalue weighted by atomic mass is 16.5. The maximum Gasteiger partial charge on any atom is 0.127 e. The molecule has 1 saturated carbocycles. The van der Waals surface area contributed by atoms with E-state index in [0.29, 0.717) is 18.2 Å². The van der Waals surface area contributed by atoms with Gasteiger partial charge in [0.25, 0.3) is 0 Å². The molecule has 0 bridgehead atoms. The molecule has 4 nitrogen and oxygen atoms in total. The minimum absolute atomic E-state index is 0.226. The van der Waals surface area contributed by atoms with E-state index in [2.05, 4.69) is 17.2 Å². The zero-order chi connectivity index (χ0) is 17.7. The Labute approximate surface area is 150 Å². The molecule has 0 radical (unpaired) electrons. The smallest absolute Gasteiger partial charge is 0.127 e. The van der Waals surface area contributed by atoms with E-state index >= 15 is 0 Å². The summed E-state index contributed by atoms with van der Waals surface area (Å²) in [5.74, 6) is 6.99. The molecule has 1 aliphatic carbocycles. The van der Waals surface area contributed by atoms with Crippen molar-refractivity contribution < 1.29 is 9.84 Å². The standard InChI is InChI=1S/C21H28N2O2/c1-21(24,20(22)15-23-14-19-7-2-3-12-25-19)18-6-4-5-17(13-18)11-10-16-8-9-16/h4-6,13,15-16,19,23-24H,2-3,7-9,12,14,22H2,1H3/b20-15-. The average molecular weight is 340 g/mol. The molecule has 4 N–H and O–H groups in total. The summed E-state index contributed by atoms with van der Waals surface area (Å²) in [6, 6.07) is 7.68. The minimum atomic E-state index is -1.24. The molecule has 1 aromatic carbocycles. The summed E-state index contributed by atoms with van der Waals surface area (Å²) >= 11 is 0. The largest absolute Gasteiger partial charge is 0.398 e. The van der Waals surface area contributed by atoms with E-state index in [-0.39, 0.29) is 6.10 Å². The first-order valence-corrected chi connectivity index (χ1v) is 9.21. The lowest BCUT2D eigenvalue weighted by atomic mass is 9.91. The van der Waals surface area contributed by atoms with Gasteiger partial charge in [-0.05, 0) is 56.7 Å². The van der Waals surface area contributed by atoms with E-state index in [0.717, 1.165) is 30.6 Å². The molecule has 1 aromatic rings. The van der Waals surface area contributed by atoms with Crippen LogP contribution in [0, 0.1) is 17.8 Å². The Balaban J connectivity index is 1.63. The number of nitrogens with two attached hydrogens (primary N) is 1. The summed E-state index contributed by atoms with van der Waals surface area (Å²) < 4.78 is 5.69. The van der Waals surface area contributed by atoms with Crippen LogP contribution in [-0.4, -0.2) is 24.4 Å². The molecule has 1 heterocycles. The molecule has 0 aromatic heterocycles. The third-order valence-corrected chi connectivity index (χ3v) is 4.86. The van der Waals surface area contributed by atoms with Crippen molar-refractivity contribution in [3.05, 3.63) is 47.3 Å². The van der Waals surface area contributed by atoms with Crippen LogP contribution in [0.1, 0.15) is 50.2 Å². The maximum absolute atomic E-state index is 10.9. The number of benzene rings is 1. The van der Waals surface area contributed by atoms with E-state index in [9.17, 15) is 5.11 Å². The summed E-state index contributed by atoms with van der Waals surface area (Å²) in [6.07, 6.45) is 7.75. The molecule has 25 heavy (non-hydrogen) atoms. The van der Waals surface area contributed by atoms with Crippen LogP contribution in [-0.2, 0) is 10.3 Å². The summed E-state index contributed by atoms with van der Waals surface area (Å²) in [5.41, 5.74) is 6.97. The monoisotopic (exact) mass is 340 g/mol. The van der Waals surface area contributed by atoms with Gasteiger partial charge in [0.2, 0.25) is 0 Å². The number of hydrogen-bond donors (Lipinski definition) is 3. The molecule has 4 heteroatoms. The van der Waals surface area contributed by atoms with E-state index in [4.69, 9.17) is 10.5 Å². The van der Waals surface area contributed by atoms with Crippen molar-refractivity contribution in [2.75, 3.05) is 13.2 Å². The Morgan fingerprint density at radius 1 is 1.40 bits per heavy atom. The van der Waals surface area contributed by atoms with Crippen molar-refractivity contribution in [1.82, 2.24) is 5.32 Å². The van der Waals surface area contributed by atoms with Gasteiger partial charge in [-0.25, -0.2) is 0 Å². The molecule has 1 aliphatic heterocycles. The van der Waals surface area contributed by atoms with E-state index in [1.165, 1.54) is 19.3 Å². The molecule has 1 saturated heterocycles. The Hall–Kier alpha value is -1.96. The van der Waals surface area contributed by atoms with Crippen molar-refractivity contribution in [3.8, 4) is 11.8 Å². The van der Waals surface area contributed by atoms with Crippen LogP contribution in [0.5, 0.6) is 0 Å². The van der Waals surface area contributed by atoms with Crippen molar-refractivity contribution in [2.24, 2.45) is 11.7 Å². The quantitative estimate of drug-likeness (QED) is 0.721. The fourth-order valence-electron chi connectivity index (χ4n) is 2.89. The summed E-state index contributed by atoms with van der Waals surface area (Å²) in [5, 5.41) is 14.1. The van der Waals surface area contributed by atoms with E-state index < -0.39 is 5.60 Å². The van der Waals surface area contributed by atoms with Crippen LogP contribution in [0.25, 0.3) is 0 Å². The van der Waals surface area contributed by atoms with Crippen LogP contribution < -0.4 is 11.1 Å². The Morgan fingerprint density at radius 3 is 2.96 bits per heavy atom. The lowest BCUT2D eigenvalue weighted by Gasteiger charge is -2.26. The molecule has 3 rings (SSSR count). The van der Waals surface area contributed by atoms with Gasteiger partial charge in [0, 0.05) is 30.8 Å². The third-order valence-electron chi connectivity index (χ3n) is 4.86. The third kappa shape index (κ3) is 5.01. The number of nitrogens with one attached hydrogen (secondary N) is 1. The minimum Gasteiger partial charge on any atom is -0.398 e. The lowest BCUT2D eigenvalue weighted by molar-refractivity contribution is 0.0186. The average Bonchev–Trinajstić information content (AvgIpc) is 3.45. The van der Waals surface area contributed by atoms with Gasteiger partial charge in [0.05, 0.1) is 11.8 Å². The highest BCUT2D eigenvalue weighted by Gasteiger charge is 2.27. The van der Waals surface area contributed by atoms with E-state index in [1.54, 1.807) is 13.1 Å². The van der Waals surface area contributed by atoms with Gasteiger partial charge in [0.15, 0.2) is 0 Å². The first kappa shape index (κ1) is 17.8. The van der Waals surface area contributed by atoms with Gasteiger partial charge in [-0.1, -0.05) is 24.0 Å². The second-order valence-corrected chi connectivity index (χ2v) is 7.19. The second kappa shape index (κ2) is 7.95. The molecule has 2 aliphatic rings. The maximum atomic E-state index is 10.9. The first-order chi connectivity index (χ1) is 12.1. The molecular formula is C21H28N2O2. The van der Waals surface area contributed by atoms with Crippen molar-refractivity contribution in [2.45, 2.75) is 50.7 Å². The van der Waals surface area contributed by atoms with Crippen LogP contribution >= 0.6 is 0 Å². The van der Waals surface area contributed by atoms with Gasteiger partial charge in [-0.3, -0.25) is 0 Å². The fraction of sp³-hybridized carbons (Fsp3) is 0.524. The van der Waals surface area contributed by atoms with Crippen LogP contribution in [0.15, 0.2) is 36.2 Å². The van der Waals surface area contributed by atoms with Crippen LogP contribution in [0.2, 0.25) is 0 Å². The highest BCUT2D eigenvalue weighted by molar-refractivity contribution is 5.41. The molecule has 134 valence electrons. The topological polar surface area (TPSA) is 67.5 Å². The zero-order valence-corrected chi connectivity index (χ0v) is 14.9. The summed E-state index contributed by atoms with van der Waals surface area (Å²) in [4.78, 5) is 0. The SMILES string of the molecule is CC(O)(/C(N)=C/NCC1CCCCO1)c1cccc(C#CC2CC2)c1. The highest BCUT2D eigenvalue weighted by Crippen LogP contribution is 2.28. The Kier molecular flexibility index (Phi) is 5.67. The second-order valence-electron chi connectivity index (χ2n) is 7.19. The van der Waals surface area contributed by atoms with E-state index in [1.807, 2.05) is 24.3 Å². The van der Waals surface area contributed by atoms with Gasteiger partial charge in [-0.2, -0.15) is 0 Å². The molecule has 2 unspecified atom stereocenters. The molecular weight excluding hydrogens is 312 g/mol. The Morgan fingerprint density at radius 2 is 2.24 bits per heavy atom. The van der Waals surface area contributed by atoms with Crippen molar-refractivity contribution >= 4 is 0 Å². The predicted octanol–water partition coefficient (Wildman–Crippen LogP) is 2.61. The molecule has 2 fully saturated rings. The predicted molar refractivity (Wildman–Crippen MR) is 99.5 cm³/mol. The fourth-order valence-corrected chi connectivity index (χ4v) is 2.89. The zero-order valence-electron chi connectivity index (χ0n) is 14.9. The number of aliphatic hydroxyl groups is 1. The Bertz CT molecular complexity index is 675. The van der Waals surface area contributed by atoms with Gasteiger partial charge < -0.3 is 20.9 Å². The van der Waals surface area contributed by atoms with Crippen molar-refractivity contribution in [1.29, 1.82) is 0 Å². The number of hydrogen-bond acceptors (Lipinski definition) is 4. The van der Waals surface area contributed by atoms with Gasteiger partial charge >= 0.3 is 0 Å². The summed E-state index contributed by atoms with van der Waals surface area (Å²) in [7, 11) is 0. The normalized spacial score (nSPS) is 23.3. The lowest BCUT2D eigenvalue weighted by Crippen LogP contribution is -2.33. The molecule has 0 amide bonds. The number of rotatable bonds is 5. The van der Waals surface area contributed by atoms with Gasteiger partial charge in [-0.15, -0.1) is 0 Å². The number of ether oxygens (including phenoxy) is 1. The van der Waals surface area contributed by atoms with Crippen LogP contribution in [0.3, 0.4) is 0 Å². The van der Waals surface area contributed by atoms with Crippen LogP contribution in [0.4, 0.5) is 0 Å².